The summed E-state index contributed by atoms with van der Waals surface area (Å²) in [6, 6.07) is 18.7. The maximum atomic E-state index is 9.58. The molecule has 0 saturated heterocycles. The lowest BCUT2D eigenvalue weighted by atomic mass is 9.89. The second-order valence-electron chi connectivity index (χ2n) is 5.53. The van der Waals surface area contributed by atoms with Crippen LogP contribution < -0.4 is 4.74 Å². The summed E-state index contributed by atoms with van der Waals surface area (Å²) in [7, 11) is 1.66. The van der Waals surface area contributed by atoms with Gasteiger partial charge in [-0.2, -0.15) is 5.26 Å². The van der Waals surface area contributed by atoms with Gasteiger partial charge in [-0.3, -0.25) is 0 Å². The molecule has 0 bridgehead atoms. The normalized spacial score (nSPS) is 12.0. The molecule has 108 valence electrons. The van der Waals surface area contributed by atoms with Crippen LogP contribution in [0.25, 0.3) is 0 Å². The molecule has 0 aliphatic heterocycles. The molecule has 0 spiro atoms. The van der Waals surface area contributed by atoms with Gasteiger partial charge in [-0.1, -0.05) is 56.3 Å². The Balaban J connectivity index is 2.37. The van der Waals surface area contributed by atoms with Gasteiger partial charge in [0.25, 0.3) is 0 Å². The van der Waals surface area contributed by atoms with E-state index < -0.39 is 0 Å². The van der Waals surface area contributed by atoms with Gasteiger partial charge in [0.1, 0.15) is 5.75 Å². The van der Waals surface area contributed by atoms with Gasteiger partial charge >= 0.3 is 0 Å². The van der Waals surface area contributed by atoms with Gasteiger partial charge < -0.3 is 4.74 Å². The first-order chi connectivity index (χ1) is 10.2. The van der Waals surface area contributed by atoms with Crippen molar-refractivity contribution < 1.29 is 4.74 Å². The summed E-state index contributed by atoms with van der Waals surface area (Å²) < 4.78 is 5.45. The predicted molar refractivity (Wildman–Crippen MR) is 85.6 cm³/mol. The van der Waals surface area contributed by atoms with Gasteiger partial charge in [-0.25, -0.2) is 0 Å². The fraction of sp³-hybridized carbons (Fsp3) is 0.316. The van der Waals surface area contributed by atoms with E-state index >= 15 is 0 Å². The average Bonchev–Trinajstić information content (AvgIpc) is 2.53. The van der Waals surface area contributed by atoms with Gasteiger partial charge in [-0.15, -0.1) is 0 Å². The highest BCUT2D eigenvalue weighted by atomic mass is 16.5. The molecule has 0 saturated carbocycles. The monoisotopic (exact) mass is 279 g/mol. The molecular weight excluding hydrogens is 258 g/mol. The minimum absolute atomic E-state index is 0.193. The van der Waals surface area contributed by atoms with Crippen LogP contribution in [0.3, 0.4) is 0 Å². The van der Waals surface area contributed by atoms with E-state index in [1.165, 1.54) is 11.1 Å². The number of hydrogen-bond donors (Lipinski definition) is 0. The van der Waals surface area contributed by atoms with E-state index in [1.807, 2.05) is 24.3 Å². The highest BCUT2D eigenvalue weighted by molar-refractivity contribution is 5.44. The summed E-state index contributed by atoms with van der Waals surface area (Å²) in [5.41, 5.74) is 3.38. The molecule has 0 fully saturated rings. The maximum absolute atomic E-state index is 9.58. The highest BCUT2D eigenvalue weighted by Crippen LogP contribution is 2.32. The minimum Gasteiger partial charge on any atom is -0.496 e. The van der Waals surface area contributed by atoms with Crippen molar-refractivity contribution in [3.63, 3.8) is 0 Å². The summed E-state index contributed by atoms with van der Waals surface area (Å²) in [6.45, 7) is 4.31. The molecule has 2 aromatic carbocycles. The van der Waals surface area contributed by atoms with Crippen LogP contribution in [0.1, 0.15) is 42.4 Å². The highest BCUT2D eigenvalue weighted by Gasteiger charge is 2.17. The van der Waals surface area contributed by atoms with E-state index in [2.05, 4.69) is 44.2 Å². The first kappa shape index (κ1) is 15.1. The van der Waals surface area contributed by atoms with Crippen LogP contribution in [-0.4, -0.2) is 7.11 Å². The molecule has 0 N–H and O–H groups in total. The quantitative estimate of drug-likeness (QED) is 0.797. The van der Waals surface area contributed by atoms with E-state index in [9.17, 15) is 5.26 Å². The van der Waals surface area contributed by atoms with Gasteiger partial charge in [0.2, 0.25) is 0 Å². The summed E-state index contributed by atoms with van der Waals surface area (Å²) in [5, 5.41) is 9.58. The van der Waals surface area contributed by atoms with Crippen LogP contribution in [0.2, 0.25) is 0 Å². The Morgan fingerprint density at radius 1 is 1.10 bits per heavy atom. The van der Waals surface area contributed by atoms with Crippen molar-refractivity contribution >= 4 is 0 Å². The van der Waals surface area contributed by atoms with Crippen LogP contribution in [0, 0.1) is 11.3 Å². The van der Waals surface area contributed by atoms with Crippen molar-refractivity contribution in [1.29, 1.82) is 5.26 Å². The molecule has 2 rings (SSSR count). The topological polar surface area (TPSA) is 33.0 Å². The van der Waals surface area contributed by atoms with Crippen molar-refractivity contribution in [2.45, 2.75) is 32.1 Å². The van der Waals surface area contributed by atoms with Gasteiger partial charge in [-0.05, 0) is 29.5 Å². The molecule has 21 heavy (non-hydrogen) atoms. The molecule has 2 nitrogen and oxygen atoms in total. The van der Waals surface area contributed by atoms with E-state index in [0.29, 0.717) is 12.3 Å². The Kier molecular flexibility index (Phi) is 5.00. The molecule has 0 heterocycles. The van der Waals surface area contributed by atoms with Crippen molar-refractivity contribution in [3.05, 3.63) is 65.2 Å². The van der Waals surface area contributed by atoms with Crippen LogP contribution in [0.4, 0.5) is 0 Å². The van der Waals surface area contributed by atoms with Gasteiger partial charge in [0.05, 0.1) is 19.1 Å². The largest absolute Gasteiger partial charge is 0.496 e. The molecule has 2 heteroatoms. The van der Waals surface area contributed by atoms with E-state index in [4.69, 9.17) is 4.74 Å². The number of methoxy groups -OCH3 is 1. The molecule has 0 amide bonds. The third-order valence-electron chi connectivity index (χ3n) is 3.73. The lowest BCUT2D eigenvalue weighted by molar-refractivity contribution is 0.407. The number of ether oxygens (including phenoxy) is 1. The summed E-state index contributed by atoms with van der Waals surface area (Å²) in [5.74, 6) is 1.04. The van der Waals surface area contributed by atoms with Crippen LogP contribution in [0.5, 0.6) is 5.75 Å². The van der Waals surface area contributed by atoms with Crippen LogP contribution >= 0.6 is 0 Å². The third-order valence-corrected chi connectivity index (χ3v) is 3.73. The average molecular weight is 279 g/mol. The second-order valence-corrected chi connectivity index (χ2v) is 5.53. The van der Waals surface area contributed by atoms with Crippen molar-refractivity contribution in [1.82, 2.24) is 0 Å². The summed E-state index contributed by atoms with van der Waals surface area (Å²) in [4.78, 5) is 0. The molecule has 1 unspecified atom stereocenters. The fourth-order valence-electron chi connectivity index (χ4n) is 2.46. The van der Waals surface area contributed by atoms with Crippen molar-refractivity contribution in [2.75, 3.05) is 7.11 Å². The zero-order valence-electron chi connectivity index (χ0n) is 12.8. The lowest BCUT2D eigenvalue weighted by Gasteiger charge is -2.16. The Morgan fingerprint density at radius 2 is 1.81 bits per heavy atom. The predicted octanol–water partition coefficient (Wildman–Crippen LogP) is 4.67. The van der Waals surface area contributed by atoms with Crippen molar-refractivity contribution in [2.24, 2.45) is 0 Å². The standard InChI is InChI=1S/C19H21NO/c1-14(2)16-9-10-19(21-3)18(12-16)17(13-20)11-15-7-5-4-6-8-15/h4-10,12,14,17H,11H2,1-3H3. The molecule has 0 radical (unpaired) electrons. The van der Waals surface area contributed by atoms with Crippen LogP contribution in [-0.2, 0) is 6.42 Å². The van der Waals surface area contributed by atoms with E-state index in [-0.39, 0.29) is 5.92 Å². The zero-order chi connectivity index (χ0) is 15.2. The van der Waals surface area contributed by atoms with Crippen LogP contribution in [0.15, 0.2) is 48.5 Å². The number of nitriles is 1. The Labute approximate surface area is 127 Å². The Hall–Kier alpha value is -2.27. The summed E-state index contributed by atoms with van der Waals surface area (Å²) >= 11 is 0. The maximum Gasteiger partial charge on any atom is 0.123 e. The SMILES string of the molecule is COc1ccc(C(C)C)cc1C(C#N)Cc1ccccc1. The Bertz CT molecular complexity index is 626. The smallest absolute Gasteiger partial charge is 0.123 e. The van der Waals surface area contributed by atoms with Gasteiger partial charge in [0, 0.05) is 5.56 Å². The molecule has 0 aliphatic rings. The molecule has 1 atom stereocenters. The third kappa shape index (κ3) is 3.64. The minimum atomic E-state index is -0.193. The molecule has 0 aliphatic carbocycles. The van der Waals surface area contributed by atoms with Crippen molar-refractivity contribution in [3.8, 4) is 11.8 Å². The number of benzene rings is 2. The van der Waals surface area contributed by atoms with E-state index in [0.717, 1.165) is 11.3 Å². The van der Waals surface area contributed by atoms with Gasteiger partial charge in [0.15, 0.2) is 0 Å². The number of rotatable bonds is 5. The fourth-order valence-corrected chi connectivity index (χ4v) is 2.46. The first-order valence-corrected chi connectivity index (χ1v) is 7.27. The molecular formula is C19H21NO. The second kappa shape index (κ2) is 6.95. The lowest BCUT2D eigenvalue weighted by Crippen LogP contribution is -2.04. The molecule has 0 aromatic heterocycles. The first-order valence-electron chi connectivity index (χ1n) is 7.27. The Morgan fingerprint density at radius 3 is 2.38 bits per heavy atom. The summed E-state index contributed by atoms with van der Waals surface area (Å²) in [6.07, 6.45) is 0.704. The molecule has 2 aromatic rings. The number of nitrogens with zero attached hydrogens (tertiary/aromatic N) is 1. The van der Waals surface area contributed by atoms with E-state index in [1.54, 1.807) is 7.11 Å². The zero-order valence-corrected chi connectivity index (χ0v) is 12.8. The number of hydrogen-bond acceptors (Lipinski definition) is 2.